The van der Waals surface area contributed by atoms with Gasteiger partial charge in [-0.25, -0.2) is 4.98 Å². The molecule has 1 unspecified atom stereocenters. The van der Waals surface area contributed by atoms with Crippen LogP contribution in [0.4, 0.5) is 0 Å². The first-order valence-corrected chi connectivity index (χ1v) is 9.12. The number of hydrogen-bond acceptors (Lipinski definition) is 5. The molecule has 1 atom stereocenters. The zero-order valence-electron chi connectivity index (χ0n) is 13.3. The molecule has 2 rings (SSSR count). The lowest BCUT2D eigenvalue weighted by Gasteiger charge is -2.08. The summed E-state index contributed by atoms with van der Waals surface area (Å²) in [5.74, 6) is 0.695. The highest BCUT2D eigenvalue weighted by molar-refractivity contribution is 7.99. The predicted octanol–water partition coefficient (Wildman–Crippen LogP) is 2.72. The Labute approximate surface area is 137 Å². The number of rotatable bonds is 6. The maximum Gasteiger partial charge on any atom is 0.260 e. The van der Waals surface area contributed by atoms with Gasteiger partial charge < -0.3 is 10.3 Å². The van der Waals surface area contributed by atoms with E-state index in [4.69, 9.17) is 0 Å². The van der Waals surface area contributed by atoms with Crippen LogP contribution in [0.15, 0.2) is 9.95 Å². The van der Waals surface area contributed by atoms with E-state index in [1.807, 2.05) is 6.92 Å². The number of aryl methyl sites for hydroxylation is 1. The molecule has 2 aromatic heterocycles. The lowest BCUT2D eigenvalue weighted by Crippen LogP contribution is -2.20. The highest BCUT2D eigenvalue weighted by Gasteiger charge is 2.17. The van der Waals surface area contributed by atoms with Crippen LogP contribution in [0.2, 0.25) is 0 Å². The molecule has 120 valence electrons. The van der Waals surface area contributed by atoms with Crippen molar-refractivity contribution in [1.82, 2.24) is 15.3 Å². The van der Waals surface area contributed by atoms with Crippen molar-refractivity contribution in [1.29, 1.82) is 0 Å². The van der Waals surface area contributed by atoms with Gasteiger partial charge in [-0.3, -0.25) is 9.59 Å². The molecule has 0 aromatic carbocycles. The monoisotopic (exact) mass is 339 g/mol. The smallest absolute Gasteiger partial charge is 0.260 e. The molecule has 0 saturated carbocycles. The summed E-state index contributed by atoms with van der Waals surface area (Å²) in [6, 6.07) is 0. The van der Waals surface area contributed by atoms with Gasteiger partial charge in [0.1, 0.15) is 4.83 Å². The molecule has 0 bridgehead atoms. The Hall–Kier alpha value is -1.34. The molecule has 0 spiro atoms. The van der Waals surface area contributed by atoms with Gasteiger partial charge in [0.2, 0.25) is 5.91 Å². The minimum absolute atomic E-state index is 0.0902. The van der Waals surface area contributed by atoms with Crippen molar-refractivity contribution in [3.63, 3.8) is 0 Å². The Bertz CT molecular complexity index is 736. The molecule has 0 aliphatic rings. The average molecular weight is 339 g/mol. The Morgan fingerprint density at radius 3 is 2.86 bits per heavy atom. The molecule has 22 heavy (non-hydrogen) atoms. The fourth-order valence-corrected chi connectivity index (χ4v) is 4.01. The number of fused-ring (bicyclic) bond motifs is 1. The first kappa shape index (κ1) is 17.0. The highest BCUT2D eigenvalue weighted by atomic mass is 32.2. The van der Waals surface area contributed by atoms with E-state index in [9.17, 15) is 9.59 Å². The SMILES string of the molecule is CCC(C)Cc1c(C)sc2nc(SCC(=O)NC)[nH]c(=O)c12. The quantitative estimate of drug-likeness (QED) is 0.627. The third-order valence-corrected chi connectivity index (χ3v) is 5.62. The topological polar surface area (TPSA) is 74.8 Å². The lowest BCUT2D eigenvalue weighted by molar-refractivity contribution is -0.118. The molecule has 7 heteroatoms. The van der Waals surface area contributed by atoms with E-state index in [0.717, 1.165) is 28.1 Å². The van der Waals surface area contributed by atoms with E-state index in [-0.39, 0.29) is 17.2 Å². The van der Waals surface area contributed by atoms with Crippen LogP contribution >= 0.6 is 23.1 Å². The van der Waals surface area contributed by atoms with E-state index in [1.165, 1.54) is 11.8 Å². The van der Waals surface area contributed by atoms with Gasteiger partial charge in [0.05, 0.1) is 11.1 Å². The van der Waals surface area contributed by atoms with Gasteiger partial charge in [0.25, 0.3) is 5.56 Å². The van der Waals surface area contributed by atoms with Gasteiger partial charge in [-0.2, -0.15) is 0 Å². The van der Waals surface area contributed by atoms with Gasteiger partial charge >= 0.3 is 0 Å². The molecule has 0 aliphatic heterocycles. The van der Waals surface area contributed by atoms with Crippen LogP contribution in [-0.4, -0.2) is 28.7 Å². The lowest BCUT2D eigenvalue weighted by atomic mass is 9.98. The van der Waals surface area contributed by atoms with Crippen molar-refractivity contribution in [2.75, 3.05) is 12.8 Å². The fourth-order valence-electron chi connectivity index (χ4n) is 2.17. The zero-order chi connectivity index (χ0) is 16.3. The number of carbonyl (C=O) groups is 1. The number of carbonyl (C=O) groups excluding carboxylic acids is 1. The highest BCUT2D eigenvalue weighted by Crippen LogP contribution is 2.30. The minimum atomic E-state index is -0.105. The summed E-state index contributed by atoms with van der Waals surface area (Å²) in [6.45, 7) is 6.39. The molecule has 0 saturated heterocycles. The van der Waals surface area contributed by atoms with Crippen LogP contribution in [0, 0.1) is 12.8 Å². The second-order valence-corrected chi connectivity index (χ2v) is 7.53. The van der Waals surface area contributed by atoms with E-state index >= 15 is 0 Å². The molecule has 2 aromatic rings. The number of hydrogen-bond donors (Lipinski definition) is 2. The van der Waals surface area contributed by atoms with E-state index in [2.05, 4.69) is 29.1 Å². The zero-order valence-corrected chi connectivity index (χ0v) is 14.9. The summed E-state index contributed by atoms with van der Waals surface area (Å²) in [7, 11) is 1.59. The van der Waals surface area contributed by atoms with Crippen LogP contribution in [-0.2, 0) is 11.2 Å². The summed E-state index contributed by atoms with van der Waals surface area (Å²) in [4.78, 5) is 32.9. The molecule has 2 N–H and O–H groups in total. The first-order chi connectivity index (χ1) is 10.5. The van der Waals surface area contributed by atoms with E-state index in [1.54, 1.807) is 18.4 Å². The van der Waals surface area contributed by atoms with Crippen molar-refractivity contribution in [2.45, 2.75) is 38.8 Å². The largest absolute Gasteiger partial charge is 0.358 e. The maximum absolute atomic E-state index is 12.4. The van der Waals surface area contributed by atoms with Crippen LogP contribution in [0.25, 0.3) is 10.2 Å². The van der Waals surface area contributed by atoms with Crippen LogP contribution in [0.1, 0.15) is 30.7 Å². The third kappa shape index (κ3) is 3.70. The van der Waals surface area contributed by atoms with Crippen LogP contribution < -0.4 is 10.9 Å². The number of H-pyrrole nitrogens is 1. The van der Waals surface area contributed by atoms with Crippen LogP contribution in [0.3, 0.4) is 0 Å². The molecular weight excluding hydrogens is 318 g/mol. The Kier molecular flexibility index (Phi) is 5.63. The number of amides is 1. The number of aromatic nitrogens is 2. The normalized spacial score (nSPS) is 12.5. The van der Waals surface area contributed by atoms with Crippen molar-refractivity contribution in [3.8, 4) is 0 Å². The van der Waals surface area contributed by atoms with E-state index in [0.29, 0.717) is 16.5 Å². The van der Waals surface area contributed by atoms with E-state index < -0.39 is 0 Å². The fraction of sp³-hybridized carbons (Fsp3) is 0.533. The molecule has 1 amide bonds. The molecule has 0 radical (unpaired) electrons. The number of thiophene rings is 1. The second-order valence-electron chi connectivity index (χ2n) is 5.37. The standard InChI is InChI=1S/C15H21N3O2S2/c1-5-8(2)6-10-9(3)22-14-12(10)13(20)17-15(18-14)21-7-11(19)16-4/h8H,5-7H2,1-4H3,(H,16,19)(H,17,18,20). The molecule has 2 heterocycles. The number of thioether (sulfide) groups is 1. The van der Waals surface area contributed by atoms with Crippen molar-refractivity contribution >= 4 is 39.2 Å². The number of aromatic amines is 1. The number of nitrogens with one attached hydrogen (secondary N) is 2. The van der Waals surface area contributed by atoms with Gasteiger partial charge in [-0.05, 0) is 24.8 Å². The summed E-state index contributed by atoms with van der Waals surface area (Å²) >= 11 is 2.80. The maximum atomic E-state index is 12.4. The van der Waals surface area contributed by atoms with Gasteiger partial charge in [0, 0.05) is 11.9 Å². The van der Waals surface area contributed by atoms with Gasteiger partial charge in [-0.1, -0.05) is 32.0 Å². The molecule has 5 nitrogen and oxygen atoms in total. The summed E-state index contributed by atoms with van der Waals surface area (Å²) < 4.78 is 0. The summed E-state index contributed by atoms with van der Waals surface area (Å²) in [6.07, 6.45) is 1.99. The van der Waals surface area contributed by atoms with Crippen molar-refractivity contribution < 1.29 is 4.79 Å². The third-order valence-electron chi connectivity index (χ3n) is 3.71. The van der Waals surface area contributed by atoms with Crippen molar-refractivity contribution in [3.05, 3.63) is 20.8 Å². The van der Waals surface area contributed by atoms with Gasteiger partial charge in [-0.15, -0.1) is 11.3 Å². The Balaban J connectivity index is 2.36. The Morgan fingerprint density at radius 1 is 1.50 bits per heavy atom. The first-order valence-electron chi connectivity index (χ1n) is 7.31. The summed E-state index contributed by atoms with van der Waals surface area (Å²) in [5.41, 5.74) is 1.01. The predicted molar refractivity (Wildman–Crippen MR) is 92.9 cm³/mol. The molecule has 0 fully saturated rings. The number of nitrogens with zero attached hydrogens (tertiary/aromatic N) is 1. The minimum Gasteiger partial charge on any atom is -0.358 e. The second kappa shape index (κ2) is 7.28. The average Bonchev–Trinajstić information content (AvgIpc) is 2.80. The van der Waals surface area contributed by atoms with Crippen molar-refractivity contribution in [2.24, 2.45) is 5.92 Å². The Morgan fingerprint density at radius 2 is 2.23 bits per heavy atom. The summed E-state index contributed by atoms with van der Waals surface area (Å²) in [5, 5.41) is 3.76. The van der Waals surface area contributed by atoms with Gasteiger partial charge in [0.15, 0.2) is 5.16 Å². The molecule has 0 aliphatic carbocycles. The molecular formula is C15H21N3O2S2. The van der Waals surface area contributed by atoms with Crippen LogP contribution in [0.5, 0.6) is 0 Å².